The Bertz CT molecular complexity index is 772. The Labute approximate surface area is 128 Å². The lowest BCUT2D eigenvalue weighted by molar-refractivity contribution is 0.335. The Morgan fingerprint density at radius 1 is 1.33 bits per heavy atom. The highest BCUT2D eigenvalue weighted by Crippen LogP contribution is 2.25. The lowest BCUT2D eigenvalue weighted by Gasteiger charge is -2.27. The van der Waals surface area contributed by atoms with E-state index in [9.17, 15) is 8.42 Å². The van der Waals surface area contributed by atoms with Crippen molar-refractivity contribution in [2.75, 3.05) is 6.54 Å². The molecule has 2 aromatic rings. The molecule has 2 N–H and O–H groups in total. The number of sulfonamides is 1. The summed E-state index contributed by atoms with van der Waals surface area (Å²) >= 11 is 6.06. The quantitative estimate of drug-likeness (QED) is 0.919. The predicted molar refractivity (Wildman–Crippen MR) is 79.2 cm³/mol. The smallest absolute Gasteiger partial charge is 0.243 e. The Balaban J connectivity index is 1.93. The van der Waals surface area contributed by atoms with Crippen molar-refractivity contribution in [1.29, 1.82) is 0 Å². The van der Waals surface area contributed by atoms with E-state index in [-0.39, 0.29) is 18.0 Å². The zero-order valence-corrected chi connectivity index (χ0v) is 12.8. The number of nitrogens with two attached hydrogens (primary N) is 1. The number of nitrogens with zero attached hydrogens (tertiary/aromatic N) is 3. The Hall–Kier alpha value is -1.41. The van der Waals surface area contributed by atoms with Crippen LogP contribution in [0.1, 0.15) is 11.4 Å². The second-order valence-corrected chi connectivity index (χ2v) is 7.18. The van der Waals surface area contributed by atoms with Crippen molar-refractivity contribution >= 4 is 21.6 Å². The second kappa shape index (κ2) is 5.42. The van der Waals surface area contributed by atoms with E-state index in [1.165, 1.54) is 10.4 Å². The number of hydrogen-bond donors (Lipinski definition) is 1. The highest BCUT2D eigenvalue weighted by atomic mass is 35.5. The Kier molecular flexibility index (Phi) is 3.75. The number of aromatic nitrogens is 2. The number of rotatable bonds is 3. The summed E-state index contributed by atoms with van der Waals surface area (Å²) in [5.74, 6) is 0.745. The van der Waals surface area contributed by atoms with Gasteiger partial charge in [0.2, 0.25) is 10.0 Å². The molecule has 3 rings (SSSR count). The molecule has 1 aromatic heterocycles. The fraction of sp³-hybridized carbons (Fsp3) is 0.308. The largest absolute Gasteiger partial charge is 0.333 e. The molecule has 0 bridgehead atoms. The molecule has 6 nitrogen and oxygen atoms in total. The van der Waals surface area contributed by atoms with E-state index in [1.807, 2.05) is 10.8 Å². The van der Waals surface area contributed by atoms with Gasteiger partial charge in [-0.15, -0.1) is 0 Å². The van der Waals surface area contributed by atoms with E-state index in [0.717, 1.165) is 11.4 Å². The first kappa shape index (κ1) is 14.5. The van der Waals surface area contributed by atoms with Gasteiger partial charge in [-0.1, -0.05) is 17.7 Å². The summed E-state index contributed by atoms with van der Waals surface area (Å²) in [6.45, 7) is 1.57. The van der Waals surface area contributed by atoms with E-state index < -0.39 is 10.0 Å². The summed E-state index contributed by atoms with van der Waals surface area (Å²) in [5, 5.41) is 0.372. The van der Waals surface area contributed by atoms with E-state index in [4.69, 9.17) is 17.3 Å². The summed E-state index contributed by atoms with van der Waals surface area (Å²) in [6.07, 6.45) is 3.53. The summed E-state index contributed by atoms with van der Waals surface area (Å²) in [7, 11) is -3.58. The van der Waals surface area contributed by atoms with Gasteiger partial charge in [-0.25, -0.2) is 13.4 Å². The maximum absolute atomic E-state index is 12.7. The topological polar surface area (TPSA) is 81.2 Å². The summed E-state index contributed by atoms with van der Waals surface area (Å²) in [6, 6.07) is 4.66. The highest BCUT2D eigenvalue weighted by Gasteiger charge is 2.29. The van der Waals surface area contributed by atoms with Gasteiger partial charge in [0.1, 0.15) is 5.82 Å². The molecular formula is C13H15ClN4O2S. The average Bonchev–Trinajstić information content (AvgIpc) is 2.94. The molecule has 2 heterocycles. The van der Waals surface area contributed by atoms with E-state index >= 15 is 0 Å². The van der Waals surface area contributed by atoms with Crippen molar-refractivity contribution in [3.8, 4) is 0 Å². The second-order valence-electron chi connectivity index (χ2n) is 4.83. The molecule has 21 heavy (non-hydrogen) atoms. The molecule has 0 unspecified atom stereocenters. The van der Waals surface area contributed by atoms with E-state index in [2.05, 4.69) is 4.98 Å². The van der Waals surface area contributed by atoms with Crippen molar-refractivity contribution in [2.45, 2.75) is 24.5 Å². The molecule has 0 fully saturated rings. The molecule has 1 aromatic carbocycles. The van der Waals surface area contributed by atoms with Crippen molar-refractivity contribution in [3.05, 3.63) is 47.0 Å². The third-order valence-electron chi connectivity index (χ3n) is 3.59. The summed E-state index contributed by atoms with van der Waals surface area (Å²) in [4.78, 5) is 4.36. The number of fused-ring (bicyclic) bond motifs is 1. The third-order valence-corrected chi connectivity index (χ3v) is 5.79. The van der Waals surface area contributed by atoms with Gasteiger partial charge in [-0.2, -0.15) is 4.31 Å². The molecule has 0 atom stereocenters. The van der Waals surface area contributed by atoms with E-state index in [1.54, 1.807) is 18.3 Å². The maximum Gasteiger partial charge on any atom is 0.243 e. The predicted octanol–water partition coefficient (Wildman–Crippen LogP) is 1.20. The van der Waals surface area contributed by atoms with Crippen molar-refractivity contribution in [2.24, 2.45) is 5.73 Å². The standard InChI is InChI=1S/C13H15ClN4O2S/c14-12-7-11(2-1-10(12)8-15)21(19,20)18-6-5-17-4-3-16-13(17)9-18/h1-4,7H,5-6,8-9,15H2. The number of imidazole rings is 1. The molecular weight excluding hydrogens is 312 g/mol. The number of benzene rings is 1. The highest BCUT2D eigenvalue weighted by molar-refractivity contribution is 7.89. The fourth-order valence-corrected chi connectivity index (χ4v) is 4.09. The van der Waals surface area contributed by atoms with Crippen LogP contribution in [-0.4, -0.2) is 28.8 Å². The van der Waals surface area contributed by atoms with Gasteiger partial charge in [0.25, 0.3) is 0 Å². The zero-order chi connectivity index (χ0) is 15.0. The van der Waals surface area contributed by atoms with Crippen LogP contribution < -0.4 is 5.73 Å². The van der Waals surface area contributed by atoms with Crippen LogP contribution in [0.4, 0.5) is 0 Å². The fourth-order valence-electron chi connectivity index (χ4n) is 2.36. The van der Waals surface area contributed by atoms with Gasteiger partial charge in [0.15, 0.2) is 0 Å². The van der Waals surface area contributed by atoms with Gasteiger partial charge in [0, 0.05) is 37.1 Å². The lowest BCUT2D eigenvalue weighted by Crippen LogP contribution is -2.38. The molecule has 0 spiro atoms. The van der Waals surface area contributed by atoms with Crippen LogP contribution in [0.2, 0.25) is 5.02 Å². The van der Waals surface area contributed by atoms with Crippen LogP contribution in [0.5, 0.6) is 0 Å². The molecule has 112 valence electrons. The van der Waals surface area contributed by atoms with Crippen LogP contribution in [0.25, 0.3) is 0 Å². The normalized spacial score (nSPS) is 15.9. The Morgan fingerprint density at radius 2 is 2.14 bits per heavy atom. The molecule has 0 saturated carbocycles. The van der Waals surface area contributed by atoms with Crippen LogP contribution in [-0.2, 0) is 29.7 Å². The minimum Gasteiger partial charge on any atom is -0.333 e. The SMILES string of the molecule is NCc1ccc(S(=O)(=O)N2CCn3ccnc3C2)cc1Cl. The average molecular weight is 327 g/mol. The summed E-state index contributed by atoms with van der Waals surface area (Å²) < 4.78 is 28.7. The molecule has 8 heteroatoms. The Morgan fingerprint density at radius 3 is 2.86 bits per heavy atom. The molecule has 0 saturated heterocycles. The molecule has 0 aliphatic carbocycles. The lowest BCUT2D eigenvalue weighted by atomic mass is 10.2. The molecule has 1 aliphatic heterocycles. The maximum atomic E-state index is 12.7. The minimum atomic E-state index is -3.58. The van der Waals surface area contributed by atoms with Crippen molar-refractivity contribution in [1.82, 2.24) is 13.9 Å². The monoisotopic (exact) mass is 326 g/mol. The summed E-state index contributed by atoms with van der Waals surface area (Å²) in [5.41, 5.74) is 6.27. The van der Waals surface area contributed by atoms with Crippen LogP contribution in [0.15, 0.2) is 35.5 Å². The van der Waals surface area contributed by atoms with Crippen molar-refractivity contribution < 1.29 is 8.42 Å². The number of halogens is 1. The van der Waals surface area contributed by atoms with Gasteiger partial charge < -0.3 is 10.3 Å². The zero-order valence-electron chi connectivity index (χ0n) is 11.2. The number of hydrogen-bond acceptors (Lipinski definition) is 4. The molecule has 0 amide bonds. The van der Waals surface area contributed by atoms with Crippen molar-refractivity contribution in [3.63, 3.8) is 0 Å². The first-order chi connectivity index (χ1) is 10.0. The van der Waals surface area contributed by atoms with Gasteiger partial charge in [-0.3, -0.25) is 0 Å². The van der Waals surface area contributed by atoms with Gasteiger partial charge >= 0.3 is 0 Å². The van der Waals surface area contributed by atoms with Gasteiger partial charge in [-0.05, 0) is 17.7 Å². The van der Waals surface area contributed by atoms with Crippen LogP contribution >= 0.6 is 11.6 Å². The van der Waals surface area contributed by atoms with E-state index in [0.29, 0.717) is 18.1 Å². The first-order valence-electron chi connectivity index (χ1n) is 6.51. The van der Waals surface area contributed by atoms with Crippen LogP contribution in [0, 0.1) is 0 Å². The van der Waals surface area contributed by atoms with Crippen LogP contribution in [0.3, 0.4) is 0 Å². The minimum absolute atomic E-state index is 0.185. The first-order valence-corrected chi connectivity index (χ1v) is 8.33. The molecule has 1 aliphatic rings. The van der Waals surface area contributed by atoms with Gasteiger partial charge in [0.05, 0.1) is 11.4 Å². The molecule has 0 radical (unpaired) electrons. The third kappa shape index (κ3) is 2.57.